The number of nitrogens with one attached hydrogen (secondary N) is 3. The normalized spacial score (nSPS) is 10.3. The molecule has 0 radical (unpaired) electrons. The number of carbonyl (C=O) groups excluding carboxylic acids is 1. The number of nitrogens with two attached hydrogens (primary N) is 1. The molecule has 0 saturated heterocycles. The molecule has 0 aliphatic heterocycles. The molecule has 11 heteroatoms. The molecule has 0 aliphatic carbocycles. The largest absolute Gasteiger partial charge is 0.496 e. The third-order valence-electron chi connectivity index (χ3n) is 4.59. The number of nitrogens with zero attached hydrogens (tertiary/aromatic N) is 4. The molecule has 5 N–H and O–H groups in total. The van der Waals surface area contributed by atoms with Crippen LogP contribution in [-0.2, 0) is 4.79 Å². The van der Waals surface area contributed by atoms with Crippen LogP contribution >= 0.6 is 0 Å². The Bertz CT molecular complexity index is 1090. The van der Waals surface area contributed by atoms with Crippen LogP contribution < -0.4 is 25.8 Å². The first-order chi connectivity index (χ1) is 16.1. The van der Waals surface area contributed by atoms with E-state index in [2.05, 4.69) is 30.8 Å². The summed E-state index contributed by atoms with van der Waals surface area (Å²) in [4.78, 5) is 19.8. The van der Waals surface area contributed by atoms with Gasteiger partial charge in [-0.05, 0) is 31.5 Å². The van der Waals surface area contributed by atoms with E-state index in [-0.39, 0.29) is 11.6 Å². The van der Waals surface area contributed by atoms with Crippen molar-refractivity contribution in [3.8, 4) is 28.8 Å². The zero-order chi connectivity index (χ0) is 23.5. The lowest BCUT2D eigenvalue weighted by atomic mass is 10.1. The zero-order valence-corrected chi connectivity index (χ0v) is 18.3. The van der Waals surface area contributed by atoms with E-state index in [9.17, 15) is 4.79 Å². The van der Waals surface area contributed by atoms with Gasteiger partial charge in [0.25, 0.3) is 0 Å². The number of hydrogen-bond acceptors (Lipinski definition) is 9. The van der Waals surface area contributed by atoms with E-state index in [1.807, 2.05) is 24.3 Å². The number of rotatable bonds is 12. The molecule has 11 nitrogen and oxygen atoms in total. The maximum atomic E-state index is 11.7. The molecule has 1 amide bonds. The van der Waals surface area contributed by atoms with Crippen LogP contribution in [0, 0.1) is 11.3 Å². The number of aromatic amines is 1. The molecule has 3 rings (SSSR count). The average Bonchev–Trinajstić information content (AvgIpc) is 3.30. The maximum Gasteiger partial charge on any atom is 0.220 e. The van der Waals surface area contributed by atoms with Crippen molar-refractivity contribution < 1.29 is 14.3 Å². The molecule has 1 aromatic carbocycles. The molecule has 0 saturated carbocycles. The van der Waals surface area contributed by atoms with Gasteiger partial charge in [-0.3, -0.25) is 9.89 Å². The highest BCUT2D eigenvalue weighted by Crippen LogP contribution is 2.38. The minimum atomic E-state index is -0.00744. The number of amides is 1. The predicted molar refractivity (Wildman–Crippen MR) is 122 cm³/mol. The van der Waals surface area contributed by atoms with Crippen molar-refractivity contribution in [1.82, 2.24) is 25.5 Å². The molecule has 0 fully saturated rings. The van der Waals surface area contributed by atoms with Crippen LogP contribution in [-0.4, -0.2) is 52.9 Å². The van der Waals surface area contributed by atoms with Gasteiger partial charge in [0.05, 0.1) is 37.4 Å². The second kappa shape index (κ2) is 12.0. The Balaban J connectivity index is 1.65. The number of carbonyl (C=O) groups is 1. The molecular weight excluding hydrogens is 424 g/mol. The lowest BCUT2D eigenvalue weighted by Crippen LogP contribution is -2.25. The van der Waals surface area contributed by atoms with Crippen LogP contribution in [0.3, 0.4) is 0 Å². The number of H-pyrrole nitrogens is 1. The maximum absolute atomic E-state index is 11.7. The summed E-state index contributed by atoms with van der Waals surface area (Å²) in [6.45, 7) is 1.44. The van der Waals surface area contributed by atoms with Gasteiger partial charge in [0, 0.05) is 19.0 Å². The van der Waals surface area contributed by atoms with Crippen molar-refractivity contribution in [2.75, 3.05) is 32.1 Å². The number of nitriles is 1. The first-order valence-corrected chi connectivity index (χ1v) is 10.5. The fourth-order valence-corrected chi connectivity index (χ4v) is 3.00. The van der Waals surface area contributed by atoms with Gasteiger partial charge in [0.2, 0.25) is 5.91 Å². The van der Waals surface area contributed by atoms with Crippen LogP contribution in [0.15, 0.2) is 36.7 Å². The Morgan fingerprint density at radius 3 is 2.79 bits per heavy atom. The summed E-state index contributed by atoms with van der Waals surface area (Å²) in [6.07, 6.45) is 4.59. The van der Waals surface area contributed by atoms with Crippen molar-refractivity contribution in [1.29, 1.82) is 5.26 Å². The number of aromatic nitrogens is 4. The lowest BCUT2D eigenvalue weighted by Gasteiger charge is -2.14. The highest BCUT2D eigenvalue weighted by molar-refractivity contribution is 5.76. The second-order valence-electron chi connectivity index (χ2n) is 6.97. The van der Waals surface area contributed by atoms with Gasteiger partial charge in [0.15, 0.2) is 11.5 Å². The number of anilines is 2. The van der Waals surface area contributed by atoms with E-state index >= 15 is 0 Å². The van der Waals surface area contributed by atoms with E-state index in [4.69, 9.17) is 20.5 Å². The SMILES string of the molecule is COc1cccc(OCCCNC(=O)CCCN)c1-c1cc(Nc2cnc(C#N)cn2)n[nH]1. The summed E-state index contributed by atoms with van der Waals surface area (Å²) in [7, 11) is 1.58. The summed E-state index contributed by atoms with van der Waals surface area (Å²) in [5.74, 6) is 2.21. The van der Waals surface area contributed by atoms with Crippen LogP contribution in [0.1, 0.15) is 25.0 Å². The zero-order valence-electron chi connectivity index (χ0n) is 18.3. The van der Waals surface area contributed by atoms with E-state index < -0.39 is 0 Å². The van der Waals surface area contributed by atoms with Gasteiger partial charge in [-0.2, -0.15) is 10.4 Å². The summed E-state index contributed by atoms with van der Waals surface area (Å²) in [6, 6.07) is 9.24. The molecule has 0 atom stereocenters. The van der Waals surface area contributed by atoms with Gasteiger partial charge < -0.3 is 25.8 Å². The Morgan fingerprint density at radius 1 is 1.21 bits per heavy atom. The molecular formula is C22H26N8O3. The van der Waals surface area contributed by atoms with Crippen molar-refractivity contribution in [2.45, 2.75) is 19.3 Å². The van der Waals surface area contributed by atoms with Crippen molar-refractivity contribution in [2.24, 2.45) is 5.73 Å². The van der Waals surface area contributed by atoms with Crippen molar-refractivity contribution in [3.63, 3.8) is 0 Å². The Hall–Kier alpha value is -4.17. The van der Waals surface area contributed by atoms with Gasteiger partial charge in [-0.1, -0.05) is 6.07 Å². The molecule has 0 bridgehead atoms. The quantitative estimate of drug-likeness (QED) is 0.302. The van der Waals surface area contributed by atoms with Crippen LogP contribution in [0.5, 0.6) is 11.5 Å². The minimum absolute atomic E-state index is 0.00744. The molecule has 2 heterocycles. The first kappa shape index (κ1) is 23.5. The Morgan fingerprint density at radius 2 is 2.06 bits per heavy atom. The molecule has 0 unspecified atom stereocenters. The molecule has 33 heavy (non-hydrogen) atoms. The lowest BCUT2D eigenvalue weighted by molar-refractivity contribution is -0.121. The standard InChI is InChI=1S/C22H26N8O3/c1-32-17-5-2-6-18(33-10-4-9-25-21(31)7-3-8-23)22(17)16-11-19(30-29-16)28-20-14-26-15(12-24)13-27-20/h2,5-6,11,13-14H,3-4,7-10,23H2,1H3,(H,25,31)(H2,27,28,29,30). The topological polar surface area (TPSA) is 164 Å². The van der Waals surface area contributed by atoms with E-state index in [0.717, 1.165) is 5.56 Å². The highest BCUT2D eigenvalue weighted by Gasteiger charge is 2.16. The first-order valence-electron chi connectivity index (χ1n) is 10.5. The molecule has 3 aromatic rings. The summed E-state index contributed by atoms with van der Waals surface area (Å²) >= 11 is 0. The van der Waals surface area contributed by atoms with Crippen LogP contribution in [0.2, 0.25) is 0 Å². The third-order valence-corrected chi connectivity index (χ3v) is 4.59. The Kier molecular flexibility index (Phi) is 8.55. The average molecular weight is 451 g/mol. The number of methoxy groups -OCH3 is 1. The van der Waals surface area contributed by atoms with Gasteiger partial charge >= 0.3 is 0 Å². The van der Waals surface area contributed by atoms with Crippen molar-refractivity contribution >= 4 is 17.5 Å². The van der Waals surface area contributed by atoms with Crippen molar-refractivity contribution in [3.05, 3.63) is 42.4 Å². The molecule has 0 spiro atoms. The molecule has 172 valence electrons. The summed E-state index contributed by atoms with van der Waals surface area (Å²) < 4.78 is 11.5. The molecule has 2 aromatic heterocycles. The minimum Gasteiger partial charge on any atom is -0.496 e. The van der Waals surface area contributed by atoms with Gasteiger partial charge in [-0.25, -0.2) is 9.97 Å². The predicted octanol–water partition coefficient (Wildman–Crippen LogP) is 2.11. The summed E-state index contributed by atoms with van der Waals surface area (Å²) in [5.41, 5.74) is 7.05. The monoisotopic (exact) mass is 450 g/mol. The number of hydrogen-bond donors (Lipinski definition) is 4. The number of benzene rings is 1. The van der Waals surface area contributed by atoms with E-state index in [1.54, 1.807) is 13.2 Å². The number of ether oxygens (including phenoxy) is 2. The fourth-order valence-electron chi connectivity index (χ4n) is 3.00. The van der Waals surface area contributed by atoms with E-state index in [1.165, 1.54) is 12.4 Å². The smallest absolute Gasteiger partial charge is 0.220 e. The van der Waals surface area contributed by atoms with Gasteiger partial charge in [-0.15, -0.1) is 0 Å². The fraction of sp³-hybridized carbons (Fsp3) is 0.318. The molecule has 0 aliphatic rings. The van der Waals surface area contributed by atoms with Gasteiger partial charge in [0.1, 0.15) is 23.4 Å². The van der Waals surface area contributed by atoms with Crippen LogP contribution in [0.4, 0.5) is 11.6 Å². The highest BCUT2D eigenvalue weighted by atomic mass is 16.5. The second-order valence-corrected chi connectivity index (χ2v) is 6.97. The van der Waals surface area contributed by atoms with E-state index in [0.29, 0.717) is 67.8 Å². The van der Waals surface area contributed by atoms with Crippen LogP contribution in [0.25, 0.3) is 11.3 Å². The third kappa shape index (κ3) is 6.65. The summed E-state index contributed by atoms with van der Waals surface area (Å²) in [5, 5.41) is 22.0. The Labute approximate surface area is 191 Å².